The van der Waals surface area contributed by atoms with Crippen LogP contribution in [0.5, 0.6) is 0 Å². The Hall–Kier alpha value is -1.43. The average molecular weight is 307 g/mol. The van der Waals surface area contributed by atoms with Crippen LogP contribution in [0.4, 0.5) is 5.13 Å². The number of rotatable bonds is 3. The fourth-order valence-corrected chi connectivity index (χ4v) is 4.33. The summed E-state index contributed by atoms with van der Waals surface area (Å²) < 4.78 is 0. The van der Waals surface area contributed by atoms with Gasteiger partial charge in [0, 0.05) is 24.9 Å². The summed E-state index contributed by atoms with van der Waals surface area (Å²) in [5, 5.41) is 4.88. The van der Waals surface area contributed by atoms with Crippen LogP contribution >= 0.6 is 11.3 Å². The molecule has 0 aromatic carbocycles. The van der Waals surface area contributed by atoms with Crippen molar-refractivity contribution in [3.8, 4) is 0 Å². The number of aromatic nitrogens is 1. The molecule has 1 saturated carbocycles. The summed E-state index contributed by atoms with van der Waals surface area (Å²) in [4.78, 5) is 30.0. The molecular formula is C15H21N3O2S. The van der Waals surface area contributed by atoms with E-state index in [9.17, 15) is 9.59 Å². The zero-order valence-electron chi connectivity index (χ0n) is 12.3. The van der Waals surface area contributed by atoms with Crippen molar-refractivity contribution in [1.82, 2.24) is 9.88 Å². The average Bonchev–Trinajstić information content (AvgIpc) is 3.18. The van der Waals surface area contributed by atoms with Crippen LogP contribution in [0.25, 0.3) is 0 Å². The first-order chi connectivity index (χ1) is 10.1. The van der Waals surface area contributed by atoms with Gasteiger partial charge in [-0.2, -0.15) is 0 Å². The molecule has 0 unspecified atom stereocenters. The van der Waals surface area contributed by atoms with E-state index in [1.165, 1.54) is 43.9 Å². The lowest BCUT2D eigenvalue weighted by atomic mass is 9.96. The Morgan fingerprint density at radius 2 is 2.05 bits per heavy atom. The summed E-state index contributed by atoms with van der Waals surface area (Å²) in [6.45, 7) is 2.28. The van der Waals surface area contributed by atoms with Crippen molar-refractivity contribution in [2.75, 3.05) is 11.9 Å². The zero-order chi connectivity index (χ0) is 14.8. The molecule has 1 saturated heterocycles. The van der Waals surface area contributed by atoms with Crippen LogP contribution in [0.2, 0.25) is 0 Å². The lowest BCUT2D eigenvalue weighted by molar-refractivity contribution is -0.114. The largest absolute Gasteiger partial charge is 0.334 e. The molecule has 1 aromatic rings. The molecule has 21 heavy (non-hydrogen) atoms. The standard InChI is InChI=1S/C15H21N3O2S/c1-10(19)16-15-17-12(9-21-15)14(20)18-8-4-7-13(18)11-5-2-3-6-11/h9,11,13H,2-8H2,1H3,(H,16,17,19)/t13-/m0/s1. The summed E-state index contributed by atoms with van der Waals surface area (Å²) in [5.74, 6) is 0.538. The molecule has 114 valence electrons. The van der Waals surface area contributed by atoms with Crippen molar-refractivity contribution in [1.29, 1.82) is 0 Å². The van der Waals surface area contributed by atoms with E-state index in [1.807, 2.05) is 4.90 Å². The summed E-state index contributed by atoms with van der Waals surface area (Å²) in [5.41, 5.74) is 0.466. The molecule has 1 aliphatic heterocycles. The van der Waals surface area contributed by atoms with E-state index in [-0.39, 0.29) is 11.8 Å². The topological polar surface area (TPSA) is 62.3 Å². The quantitative estimate of drug-likeness (QED) is 0.934. The number of carbonyl (C=O) groups is 2. The third-order valence-corrected chi connectivity index (χ3v) is 5.27. The molecule has 0 bridgehead atoms. The normalized spacial score (nSPS) is 22.7. The maximum atomic E-state index is 12.7. The third kappa shape index (κ3) is 3.10. The van der Waals surface area contributed by atoms with Crippen LogP contribution in [0.15, 0.2) is 5.38 Å². The van der Waals surface area contributed by atoms with E-state index >= 15 is 0 Å². The van der Waals surface area contributed by atoms with Crippen LogP contribution in [0.3, 0.4) is 0 Å². The van der Waals surface area contributed by atoms with E-state index in [0.29, 0.717) is 22.8 Å². The molecule has 1 N–H and O–H groups in total. The Morgan fingerprint density at radius 3 is 2.76 bits per heavy atom. The number of hydrogen-bond donors (Lipinski definition) is 1. The first-order valence-electron chi connectivity index (χ1n) is 7.69. The predicted molar refractivity (Wildman–Crippen MR) is 82.4 cm³/mol. The summed E-state index contributed by atoms with van der Waals surface area (Å²) in [6.07, 6.45) is 7.32. The van der Waals surface area contributed by atoms with Crippen LogP contribution in [0, 0.1) is 5.92 Å². The van der Waals surface area contributed by atoms with Crippen molar-refractivity contribution < 1.29 is 9.59 Å². The van der Waals surface area contributed by atoms with Gasteiger partial charge in [0.2, 0.25) is 5.91 Å². The molecule has 2 amide bonds. The number of likely N-dealkylation sites (tertiary alicyclic amines) is 1. The van der Waals surface area contributed by atoms with E-state index in [0.717, 1.165) is 19.4 Å². The van der Waals surface area contributed by atoms with E-state index < -0.39 is 0 Å². The van der Waals surface area contributed by atoms with E-state index in [2.05, 4.69) is 10.3 Å². The predicted octanol–water partition coefficient (Wildman–Crippen LogP) is 2.90. The minimum atomic E-state index is -0.159. The molecule has 5 nitrogen and oxygen atoms in total. The number of carbonyl (C=O) groups excluding carboxylic acids is 2. The molecule has 1 aliphatic carbocycles. The second-order valence-electron chi connectivity index (χ2n) is 5.97. The van der Waals surface area contributed by atoms with Gasteiger partial charge < -0.3 is 10.2 Å². The molecule has 2 heterocycles. The van der Waals surface area contributed by atoms with Crippen LogP contribution in [-0.4, -0.2) is 34.3 Å². The molecule has 1 atom stereocenters. The van der Waals surface area contributed by atoms with E-state index in [4.69, 9.17) is 0 Å². The number of thiazole rings is 1. The number of amides is 2. The van der Waals surface area contributed by atoms with Crippen LogP contribution in [-0.2, 0) is 4.79 Å². The highest BCUT2D eigenvalue weighted by Crippen LogP contribution is 2.36. The minimum absolute atomic E-state index is 0.0252. The van der Waals surface area contributed by atoms with Crippen LogP contribution in [0.1, 0.15) is 55.9 Å². The zero-order valence-corrected chi connectivity index (χ0v) is 13.1. The summed E-state index contributed by atoms with van der Waals surface area (Å²) in [7, 11) is 0. The fourth-order valence-electron chi connectivity index (χ4n) is 3.60. The van der Waals surface area contributed by atoms with Gasteiger partial charge in [-0.3, -0.25) is 9.59 Å². The molecule has 2 aliphatic rings. The lowest BCUT2D eigenvalue weighted by Crippen LogP contribution is -2.39. The second-order valence-corrected chi connectivity index (χ2v) is 6.83. The van der Waals surface area contributed by atoms with Gasteiger partial charge in [0.1, 0.15) is 5.69 Å². The maximum Gasteiger partial charge on any atom is 0.273 e. The number of nitrogens with one attached hydrogen (secondary N) is 1. The first-order valence-corrected chi connectivity index (χ1v) is 8.57. The number of nitrogens with zero attached hydrogens (tertiary/aromatic N) is 2. The number of hydrogen-bond acceptors (Lipinski definition) is 4. The summed E-state index contributed by atoms with van der Waals surface area (Å²) in [6, 6.07) is 0.394. The van der Waals surface area contributed by atoms with Gasteiger partial charge in [-0.25, -0.2) is 4.98 Å². The van der Waals surface area contributed by atoms with Gasteiger partial charge in [0.25, 0.3) is 5.91 Å². The molecule has 0 spiro atoms. The lowest BCUT2D eigenvalue weighted by Gasteiger charge is -2.28. The Bertz CT molecular complexity index is 537. The highest BCUT2D eigenvalue weighted by molar-refractivity contribution is 7.14. The first kappa shape index (κ1) is 14.5. The Balaban J connectivity index is 1.71. The minimum Gasteiger partial charge on any atom is -0.334 e. The van der Waals surface area contributed by atoms with Gasteiger partial charge in [0.05, 0.1) is 0 Å². The molecule has 0 radical (unpaired) electrons. The Kier molecular flexibility index (Phi) is 4.24. The van der Waals surface area contributed by atoms with Gasteiger partial charge in [-0.1, -0.05) is 12.8 Å². The van der Waals surface area contributed by atoms with Crippen molar-refractivity contribution in [2.45, 2.75) is 51.5 Å². The summed E-state index contributed by atoms with van der Waals surface area (Å²) >= 11 is 1.31. The van der Waals surface area contributed by atoms with Crippen LogP contribution < -0.4 is 5.32 Å². The maximum absolute atomic E-state index is 12.7. The number of anilines is 1. The van der Waals surface area contributed by atoms with Crippen molar-refractivity contribution in [3.63, 3.8) is 0 Å². The molecule has 3 rings (SSSR count). The van der Waals surface area contributed by atoms with Gasteiger partial charge in [0.15, 0.2) is 5.13 Å². The Morgan fingerprint density at radius 1 is 1.29 bits per heavy atom. The van der Waals surface area contributed by atoms with Gasteiger partial charge in [-0.05, 0) is 31.6 Å². The van der Waals surface area contributed by atoms with Gasteiger partial charge >= 0.3 is 0 Å². The van der Waals surface area contributed by atoms with Crippen molar-refractivity contribution in [3.05, 3.63) is 11.1 Å². The highest BCUT2D eigenvalue weighted by Gasteiger charge is 2.36. The molecule has 1 aromatic heterocycles. The smallest absolute Gasteiger partial charge is 0.273 e. The van der Waals surface area contributed by atoms with E-state index in [1.54, 1.807) is 5.38 Å². The van der Waals surface area contributed by atoms with Crippen molar-refractivity contribution in [2.24, 2.45) is 5.92 Å². The third-order valence-electron chi connectivity index (χ3n) is 4.51. The fraction of sp³-hybridized carbons (Fsp3) is 0.667. The Labute approximate surface area is 128 Å². The molecule has 2 fully saturated rings. The second kappa shape index (κ2) is 6.13. The molecular weight excluding hydrogens is 286 g/mol. The molecule has 6 heteroatoms. The highest BCUT2D eigenvalue weighted by atomic mass is 32.1. The SMILES string of the molecule is CC(=O)Nc1nc(C(=O)N2CCC[C@H]2C2CCCC2)cs1. The van der Waals surface area contributed by atoms with Crippen molar-refractivity contribution >= 4 is 28.3 Å². The monoisotopic (exact) mass is 307 g/mol. The van der Waals surface area contributed by atoms with Gasteiger partial charge in [-0.15, -0.1) is 11.3 Å².